The van der Waals surface area contributed by atoms with Crippen LogP contribution in [0.3, 0.4) is 0 Å². The molecule has 0 amide bonds. The first kappa shape index (κ1) is 24.1. The Morgan fingerprint density at radius 2 is 1.91 bits per heavy atom. The molecule has 0 aliphatic carbocycles. The summed E-state index contributed by atoms with van der Waals surface area (Å²) in [5.74, 6) is 0.949. The summed E-state index contributed by atoms with van der Waals surface area (Å²) >= 11 is 1.76. The van der Waals surface area contributed by atoms with Crippen molar-refractivity contribution in [2.75, 3.05) is 20.2 Å². The van der Waals surface area contributed by atoms with E-state index in [2.05, 4.69) is 52.9 Å². The first-order valence-electron chi connectivity index (χ1n) is 11.0. The lowest BCUT2D eigenvalue weighted by molar-refractivity contribution is 0.111. The van der Waals surface area contributed by atoms with Crippen LogP contribution in [0, 0.1) is 6.92 Å². The number of fused-ring (bicyclic) bond motifs is 1. The van der Waals surface area contributed by atoms with Crippen molar-refractivity contribution < 1.29 is 9.53 Å². The van der Waals surface area contributed by atoms with Crippen molar-refractivity contribution in [2.24, 2.45) is 7.05 Å². The van der Waals surface area contributed by atoms with Gasteiger partial charge in [0.15, 0.2) is 6.29 Å². The number of nitrogens with one attached hydrogen (secondary N) is 1. The molecule has 170 valence electrons. The summed E-state index contributed by atoms with van der Waals surface area (Å²) in [4.78, 5) is 12.2. The monoisotopic (exact) mass is 451 g/mol. The summed E-state index contributed by atoms with van der Waals surface area (Å²) < 4.78 is 9.69. The molecule has 1 aromatic heterocycles. The van der Waals surface area contributed by atoms with Gasteiger partial charge in [-0.05, 0) is 74.2 Å². The minimum absolute atomic E-state index is 0.725. The van der Waals surface area contributed by atoms with Gasteiger partial charge in [-0.3, -0.25) is 4.79 Å². The van der Waals surface area contributed by atoms with Gasteiger partial charge in [-0.25, -0.2) is 4.31 Å². The van der Waals surface area contributed by atoms with Gasteiger partial charge in [0.25, 0.3) is 0 Å². The molecule has 6 heteroatoms. The maximum atomic E-state index is 11.0. The van der Waals surface area contributed by atoms with Crippen LogP contribution < -0.4 is 10.1 Å². The molecule has 0 saturated heterocycles. The molecule has 0 saturated carbocycles. The summed E-state index contributed by atoms with van der Waals surface area (Å²) in [5.41, 5.74) is 6.01. The summed E-state index contributed by atoms with van der Waals surface area (Å²) in [7, 11) is 3.88. The molecule has 4 rings (SSSR count). The second kappa shape index (κ2) is 11.9. The average Bonchev–Trinajstić information content (AvgIpc) is 3.08. The molecule has 0 atom stereocenters. The lowest BCUT2D eigenvalue weighted by Gasteiger charge is -2.27. The van der Waals surface area contributed by atoms with Crippen LogP contribution >= 0.6 is 11.9 Å². The highest BCUT2D eigenvalue weighted by molar-refractivity contribution is 7.97. The Labute approximate surface area is 195 Å². The standard InChI is InChI=1S/C16H18N2OS.C10H15NO/c1-12-16(9-15(11-19)17(12)2)20-18-8-7-13-5-3-4-6-14(13)10-18;1-3-12-10-6-4-5-9(7-10)8-11-2/h3-6,9,11H,7-8,10H2,1-2H3;4-7,11H,3,8H2,1-2H3. The molecule has 1 aliphatic rings. The van der Waals surface area contributed by atoms with Crippen LogP contribution in [0.25, 0.3) is 0 Å². The van der Waals surface area contributed by atoms with E-state index in [1.54, 1.807) is 11.9 Å². The fourth-order valence-electron chi connectivity index (χ4n) is 3.70. The van der Waals surface area contributed by atoms with Crippen LogP contribution in [0.2, 0.25) is 0 Å². The summed E-state index contributed by atoms with van der Waals surface area (Å²) in [6, 6.07) is 18.7. The number of carbonyl (C=O) groups excluding carboxylic acids is 1. The molecule has 3 aromatic rings. The third-order valence-corrected chi connectivity index (χ3v) is 6.74. The first-order chi connectivity index (χ1) is 15.5. The van der Waals surface area contributed by atoms with Crippen molar-refractivity contribution in [2.45, 2.75) is 38.3 Å². The van der Waals surface area contributed by atoms with Crippen molar-refractivity contribution in [3.05, 3.63) is 82.7 Å². The Hall–Kier alpha value is -2.54. The van der Waals surface area contributed by atoms with Gasteiger partial charge in [-0.1, -0.05) is 36.4 Å². The van der Waals surface area contributed by atoms with Crippen molar-refractivity contribution >= 4 is 18.2 Å². The lowest BCUT2D eigenvalue weighted by atomic mass is 10.0. The van der Waals surface area contributed by atoms with E-state index in [9.17, 15) is 4.79 Å². The van der Waals surface area contributed by atoms with Crippen LogP contribution in [-0.2, 0) is 26.6 Å². The lowest BCUT2D eigenvalue weighted by Crippen LogP contribution is -2.24. The quantitative estimate of drug-likeness (QED) is 0.404. The summed E-state index contributed by atoms with van der Waals surface area (Å²) in [6.45, 7) is 7.68. The van der Waals surface area contributed by atoms with Gasteiger partial charge in [0.05, 0.1) is 12.3 Å². The van der Waals surface area contributed by atoms with Gasteiger partial charge in [0.2, 0.25) is 0 Å². The molecular weight excluding hydrogens is 418 g/mol. The fraction of sp³-hybridized carbons (Fsp3) is 0.346. The minimum Gasteiger partial charge on any atom is -0.494 e. The molecule has 0 unspecified atom stereocenters. The number of hydrogen-bond donors (Lipinski definition) is 1. The molecule has 0 radical (unpaired) electrons. The van der Waals surface area contributed by atoms with Crippen LogP contribution in [0.5, 0.6) is 5.75 Å². The van der Waals surface area contributed by atoms with Crippen LogP contribution in [-0.4, -0.2) is 35.4 Å². The predicted molar refractivity (Wildman–Crippen MR) is 132 cm³/mol. The molecule has 0 fully saturated rings. The second-order valence-electron chi connectivity index (χ2n) is 7.78. The number of rotatable bonds is 7. The Balaban J connectivity index is 0.000000207. The highest BCUT2D eigenvalue weighted by atomic mass is 32.2. The Morgan fingerprint density at radius 1 is 1.12 bits per heavy atom. The number of nitrogens with zero attached hydrogens (tertiary/aromatic N) is 2. The first-order valence-corrected chi connectivity index (χ1v) is 11.8. The number of aldehydes is 1. The summed E-state index contributed by atoms with van der Waals surface area (Å²) in [6.07, 6.45) is 2.01. The zero-order valence-electron chi connectivity index (χ0n) is 19.4. The number of carbonyl (C=O) groups is 1. The van der Waals surface area contributed by atoms with E-state index in [1.807, 2.05) is 43.8 Å². The molecule has 0 bridgehead atoms. The van der Waals surface area contributed by atoms with Gasteiger partial charge in [-0.2, -0.15) is 0 Å². The fourth-order valence-corrected chi connectivity index (χ4v) is 4.81. The van der Waals surface area contributed by atoms with Gasteiger partial charge in [0.1, 0.15) is 5.75 Å². The van der Waals surface area contributed by atoms with Crippen LogP contribution in [0.1, 0.15) is 39.8 Å². The van der Waals surface area contributed by atoms with E-state index in [-0.39, 0.29) is 0 Å². The Kier molecular flexibility index (Phi) is 8.97. The van der Waals surface area contributed by atoms with Crippen molar-refractivity contribution in [3.63, 3.8) is 0 Å². The summed E-state index contributed by atoms with van der Waals surface area (Å²) in [5, 5.41) is 3.10. The third-order valence-electron chi connectivity index (χ3n) is 5.56. The molecule has 1 N–H and O–H groups in total. The number of aromatic nitrogens is 1. The van der Waals surface area contributed by atoms with Gasteiger partial charge in [0, 0.05) is 37.3 Å². The van der Waals surface area contributed by atoms with Gasteiger partial charge < -0.3 is 14.6 Å². The molecule has 2 heterocycles. The molecule has 2 aromatic carbocycles. The van der Waals surface area contributed by atoms with E-state index in [0.717, 1.165) is 56.1 Å². The SMILES string of the molecule is CCOc1cccc(CNC)c1.Cc1c(SN2CCc3ccccc3C2)cc(C=O)n1C. The van der Waals surface area contributed by atoms with Gasteiger partial charge in [-0.15, -0.1) is 0 Å². The molecule has 32 heavy (non-hydrogen) atoms. The maximum Gasteiger partial charge on any atom is 0.166 e. The third kappa shape index (κ3) is 6.25. The normalized spacial score (nSPS) is 13.1. The van der Waals surface area contributed by atoms with Gasteiger partial charge >= 0.3 is 0 Å². The van der Waals surface area contributed by atoms with E-state index in [0.29, 0.717) is 0 Å². The molecule has 1 aliphatic heterocycles. The van der Waals surface area contributed by atoms with Crippen molar-refractivity contribution in [1.29, 1.82) is 0 Å². The maximum absolute atomic E-state index is 11.0. The Bertz CT molecular complexity index is 1010. The van der Waals surface area contributed by atoms with E-state index in [1.165, 1.54) is 21.6 Å². The zero-order valence-corrected chi connectivity index (χ0v) is 20.2. The second-order valence-corrected chi connectivity index (χ2v) is 8.92. The topological polar surface area (TPSA) is 46.5 Å². The molecule has 0 spiro atoms. The van der Waals surface area contributed by atoms with Crippen molar-refractivity contribution in [1.82, 2.24) is 14.2 Å². The largest absolute Gasteiger partial charge is 0.494 e. The minimum atomic E-state index is 0.725. The zero-order chi connectivity index (χ0) is 22.9. The smallest absolute Gasteiger partial charge is 0.166 e. The van der Waals surface area contributed by atoms with Crippen LogP contribution in [0.15, 0.2) is 59.5 Å². The Morgan fingerprint density at radius 3 is 2.59 bits per heavy atom. The number of hydrogen-bond acceptors (Lipinski definition) is 5. The van der Waals surface area contributed by atoms with E-state index >= 15 is 0 Å². The number of ether oxygens (including phenoxy) is 1. The highest BCUT2D eigenvalue weighted by Crippen LogP contribution is 2.32. The van der Waals surface area contributed by atoms with E-state index < -0.39 is 0 Å². The predicted octanol–water partition coefficient (Wildman–Crippen LogP) is 5.02. The molecule has 5 nitrogen and oxygen atoms in total. The highest BCUT2D eigenvalue weighted by Gasteiger charge is 2.19. The number of benzene rings is 2. The molecular formula is C26H33N3O2S. The average molecular weight is 452 g/mol. The van der Waals surface area contributed by atoms with Crippen molar-refractivity contribution in [3.8, 4) is 5.75 Å². The van der Waals surface area contributed by atoms with E-state index in [4.69, 9.17) is 4.74 Å². The van der Waals surface area contributed by atoms with Crippen LogP contribution in [0.4, 0.5) is 0 Å².